The summed E-state index contributed by atoms with van der Waals surface area (Å²) in [5, 5.41) is 3.01. The largest absolute Gasteiger partial charge is 0.457 e. The van der Waals surface area contributed by atoms with Crippen molar-refractivity contribution in [2.24, 2.45) is 0 Å². The lowest BCUT2D eigenvalue weighted by Gasteiger charge is -2.31. The maximum atomic E-state index is 11.2. The van der Waals surface area contributed by atoms with Gasteiger partial charge in [-0.25, -0.2) is 4.98 Å². The van der Waals surface area contributed by atoms with E-state index in [0.717, 1.165) is 61.0 Å². The molecule has 0 bridgehead atoms. The van der Waals surface area contributed by atoms with Crippen LogP contribution in [-0.4, -0.2) is 34.9 Å². The minimum absolute atomic E-state index is 0.0453. The van der Waals surface area contributed by atoms with Gasteiger partial charge < -0.3 is 14.5 Å². The Labute approximate surface area is 176 Å². The number of rotatable bonds is 6. The number of nitrogens with zero attached hydrogens (tertiary/aromatic N) is 2. The standard InChI is InChI=1S/C24H27N3O3/c1-17-23(16-27-13-11-20(12-14-27)25-18(2)28)26-24(29-17)19-7-6-10-22(15-19)30-21-8-4-3-5-9-21/h3-10,15,20H,11-14,16H2,1-2H3,(H,25,28). The minimum Gasteiger partial charge on any atom is -0.457 e. The van der Waals surface area contributed by atoms with Crippen molar-refractivity contribution in [2.45, 2.75) is 39.3 Å². The molecule has 3 aromatic rings. The van der Waals surface area contributed by atoms with Crippen LogP contribution in [-0.2, 0) is 11.3 Å². The van der Waals surface area contributed by atoms with E-state index in [2.05, 4.69) is 10.2 Å². The van der Waals surface area contributed by atoms with Crippen LogP contribution in [0.1, 0.15) is 31.2 Å². The Morgan fingerprint density at radius 2 is 1.87 bits per heavy atom. The molecule has 1 saturated heterocycles. The number of aromatic nitrogens is 1. The molecule has 0 spiro atoms. The quantitative estimate of drug-likeness (QED) is 0.652. The summed E-state index contributed by atoms with van der Waals surface area (Å²) >= 11 is 0. The van der Waals surface area contributed by atoms with Gasteiger partial charge in [-0.15, -0.1) is 0 Å². The first-order valence-electron chi connectivity index (χ1n) is 10.4. The Morgan fingerprint density at radius 3 is 2.60 bits per heavy atom. The summed E-state index contributed by atoms with van der Waals surface area (Å²) in [6.07, 6.45) is 1.92. The highest BCUT2D eigenvalue weighted by molar-refractivity contribution is 5.73. The van der Waals surface area contributed by atoms with E-state index in [0.29, 0.717) is 5.89 Å². The van der Waals surface area contributed by atoms with Crippen molar-refractivity contribution in [1.82, 2.24) is 15.2 Å². The number of amides is 1. The van der Waals surface area contributed by atoms with E-state index in [9.17, 15) is 4.79 Å². The first-order valence-corrected chi connectivity index (χ1v) is 10.4. The molecule has 1 fully saturated rings. The van der Waals surface area contributed by atoms with E-state index in [1.54, 1.807) is 6.92 Å². The molecule has 4 rings (SSSR count). The van der Waals surface area contributed by atoms with Crippen molar-refractivity contribution in [3.8, 4) is 23.0 Å². The first kappa shape index (κ1) is 20.2. The number of nitrogens with one attached hydrogen (secondary N) is 1. The summed E-state index contributed by atoms with van der Waals surface area (Å²) < 4.78 is 11.9. The van der Waals surface area contributed by atoms with Crippen molar-refractivity contribution in [2.75, 3.05) is 13.1 Å². The number of oxazole rings is 1. The third-order valence-electron chi connectivity index (χ3n) is 5.32. The van der Waals surface area contributed by atoms with Gasteiger partial charge in [0.1, 0.15) is 17.3 Å². The molecule has 0 saturated carbocycles. The first-order chi connectivity index (χ1) is 14.6. The fraction of sp³-hybridized carbons (Fsp3) is 0.333. The number of hydrogen-bond donors (Lipinski definition) is 1. The zero-order chi connectivity index (χ0) is 20.9. The highest BCUT2D eigenvalue weighted by Crippen LogP contribution is 2.28. The minimum atomic E-state index is 0.0453. The number of carbonyl (C=O) groups excluding carboxylic acids is 1. The van der Waals surface area contributed by atoms with Gasteiger partial charge in [-0.2, -0.15) is 0 Å². The van der Waals surface area contributed by atoms with Crippen LogP contribution in [0.15, 0.2) is 59.0 Å². The molecule has 156 valence electrons. The fourth-order valence-corrected chi connectivity index (χ4v) is 3.75. The second-order valence-corrected chi connectivity index (χ2v) is 7.72. The van der Waals surface area contributed by atoms with Gasteiger partial charge in [-0.05, 0) is 50.1 Å². The van der Waals surface area contributed by atoms with Gasteiger partial charge in [0.15, 0.2) is 0 Å². The molecule has 6 nitrogen and oxygen atoms in total. The van der Waals surface area contributed by atoms with Crippen LogP contribution in [0.4, 0.5) is 0 Å². The van der Waals surface area contributed by atoms with E-state index in [1.807, 2.05) is 61.5 Å². The number of benzene rings is 2. The predicted octanol–water partition coefficient (Wildman–Crippen LogP) is 4.54. The zero-order valence-corrected chi connectivity index (χ0v) is 17.4. The van der Waals surface area contributed by atoms with Gasteiger partial charge in [0.25, 0.3) is 0 Å². The van der Waals surface area contributed by atoms with E-state index in [4.69, 9.17) is 14.1 Å². The lowest BCUT2D eigenvalue weighted by Crippen LogP contribution is -2.43. The molecule has 30 heavy (non-hydrogen) atoms. The number of hydrogen-bond acceptors (Lipinski definition) is 5. The van der Waals surface area contributed by atoms with E-state index < -0.39 is 0 Å². The molecular weight excluding hydrogens is 378 g/mol. The third kappa shape index (κ3) is 5.07. The molecule has 2 heterocycles. The Hall–Kier alpha value is -3.12. The molecule has 1 N–H and O–H groups in total. The number of aryl methyl sites for hydroxylation is 1. The SMILES string of the molecule is CC(=O)NC1CCN(Cc2nc(-c3cccc(Oc4ccccc4)c3)oc2C)CC1. The molecular formula is C24H27N3O3. The number of piperidine rings is 1. The van der Waals surface area contributed by atoms with Crippen LogP contribution in [0.3, 0.4) is 0 Å². The van der Waals surface area contributed by atoms with Crippen molar-refractivity contribution in [3.05, 3.63) is 66.1 Å². The lowest BCUT2D eigenvalue weighted by atomic mass is 10.0. The number of likely N-dealkylation sites (tertiary alicyclic amines) is 1. The molecule has 0 unspecified atom stereocenters. The normalized spacial score (nSPS) is 15.1. The van der Waals surface area contributed by atoms with Crippen molar-refractivity contribution >= 4 is 5.91 Å². The van der Waals surface area contributed by atoms with Crippen molar-refractivity contribution < 1.29 is 13.9 Å². The topological polar surface area (TPSA) is 67.6 Å². The lowest BCUT2D eigenvalue weighted by molar-refractivity contribution is -0.119. The van der Waals surface area contributed by atoms with Gasteiger partial charge in [0.2, 0.25) is 11.8 Å². The number of ether oxygens (including phenoxy) is 1. The van der Waals surface area contributed by atoms with Crippen LogP contribution >= 0.6 is 0 Å². The zero-order valence-electron chi connectivity index (χ0n) is 17.4. The molecule has 0 radical (unpaired) electrons. The van der Waals surface area contributed by atoms with Crippen molar-refractivity contribution in [3.63, 3.8) is 0 Å². The van der Waals surface area contributed by atoms with E-state index in [1.165, 1.54) is 0 Å². The van der Waals surface area contributed by atoms with Gasteiger partial charge in [0, 0.05) is 38.2 Å². The molecule has 1 aliphatic rings. The van der Waals surface area contributed by atoms with Gasteiger partial charge in [-0.1, -0.05) is 24.3 Å². The second kappa shape index (κ2) is 9.13. The Morgan fingerprint density at radius 1 is 1.13 bits per heavy atom. The van der Waals surface area contributed by atoms with Crippen LogP contribution < -0.4 is 10.1 Å². The number of carbonyl (C=O) groups is 1. The van der Waals surface area contributed by atoms with Gasteiger partial charge in [-0.3, -0.25) is 9.69 Å². The van der Waals surface area contributed by atoms with Crippen LogP contribution in [0.25, 0.3) is 11.5 Å². The maximum Gasteiger partial charge on any atom is 0.226 e. The molecule has 6 heteroatoms. The number of para-hydroxylation sites is 1. The summed E-state index contributed by atoms with van der Waals surface area (Å²) in [5.41, 5.74) is 1.85. The predicted molar refractivity (Wildman–Crippen MR) is 115 cm³/mol. The third-order valence-corrected chi connectivity index (χ3v) is 5.32. The Kier molecular flexibility index (Phi) is 6.14. The summed E-state index contributed by atoms with van der Waals surface area (Å²) in [5.74, 6) is 3.03. The van der Waals surface area contributed by atoms with Crippen LogP contribution in [0, 0.1) is 6.92 Å². The molecule has 1 aliphatic heterocycles. The average Bonchev–Trinajstić information content (AvgIpc) is 3.10. The summed E-state index contributed by atoms with van der Waals surface area (Å²) in [4.78, 5) is 18.4. The van der Waals surface area contributed by atoms with Crippen LogP contribution in [0.2, 0.25) is 0 Å². The highest BCUT2D eigenvalue weighted by Gasteiger charge is 2.22. The summed E-state index contributed by atoms with van der Waals surface area (Å²) in [7, 11) is 0. The molecule has 0 aliphatic carbocycles. The molecule has 2 aromatic carbocycles. The van der Waals surface area contributed by atoms with Gasteiger partial charge >= 0.3 is 0 Å². The smallest absolute Gasteiger partial charge is 0.226 e. The Bertz CT molecular complexity index is 992. The van der Waals surface area contributed by atoms with Crippen molar-refractivity contribution in [1.29, 1.82) is 0 Å². The molecule has 1 amide bonds. The van der Waals surface area contributed by atoms with Gasteiger partial charge in [0.05, 0.1) is 5.69 Å². The molecule has 1 aromatic heterocycles. The summed E-state index contributed by atoms with van der Waals surface area (Å²) in [6, 6.07) is 17.8. The van der Waals surface area contributed by atoms with E-state index in [-0.39, 0.29) is 11.9 Å². The monoisotopic (exact) mass is 405 g/mol. The average molecular weight is 405 g/mol. The summed E-state index contributed by atoms with van der Waals surface area (Å²) in [6.45, 7) is 6.16. The maximum absolute atomic E-state index is 11.2. The molecule has 0 atom stereocenters. The highest BCUT2D eigenvalue weighted by atomic mass is 16.5. The fourth-order valence-electron chi connectivity index (χ4n) is 3.75. The van der Waals surface area contributed by atoms with E-state index >= 15 is 0 Å². The van der Waals surface area contributed by atoms with Crippen LogP contribution in [0.5, 0.6) is 11.5 Å². The second-order valence-electron chi connectivity index (χ2n) is 7.72. The Balaban J connectivity index is 1.42.